The van der Waals surface area contributed by atoms with E-state index in [9.17, 15) is 15.3 Å². The van der Waals surface area contributed by atoms with Gasteiger partial charge in [0.15, 0.2) is 0 Å². The van der Waals surface area contributed by atoms with E-state index in [2.05, 4.69) is 13.8 Å². The number of rotatable bonds is 4. The molecule has 4 atom stereocenters. The largest absolute Gasteiger partial charge is 0.396 e. The third kappa shape index (κ3) is 3.44. The zero-order valence-electron chi connectivity index (χ0n) is 10.7. The van der Waals surface area contributed by atoms with Crippen LogP contribution in [0, 0.1) is 17.3 Å². The van der Waals surface area contributed by atoms with E-state index >= 15 is 0 Å². The highest BCUT2D eigenvalue weighted by molar-refractivity contribution is 4.91. The summed E-state index contributed by atoms with van der Waals surface area (Å²) in [5.74, 6) is 0.577. The summed E-state index contributed by atoms with van der Waals surface area (Å²) in [6.07, 6.45) is 2.65. The van der Waals surface area contributed by atoms with Crippen LogP contribution in [-0.4, -0.2) is 34.1 Å². The van der Waals surface area contributed by atoms with Gasteiger partial charge in [-0.05, 0) is 49.9 Å². The van der Waals surface area contributed by atoms with E-state index in [1.807, 2.05) is 0 Å². The van der Waals surface area contributed by atoms with Crippen LogP contribution < -0.4 is 0 Å². The molecule has 0 spiro atoms. The SMILES string of the molecule is C[C@H](O)CC[C@@H]1[C@@H](CO)C[C@H](O)CC1(C)C. The van der Waals surface area contributed by atoms with E-state index < -0.39 is 0 Å². The molecule has 0 saturated heterocycles. The zero-order chi connectivity index (χ0) is 12.3. The van der Waals surface area contributed by atoms with Crippen molar-refractivity contribution in [3.05, 3.63) is 0 Å². The van der Waals surface area contributed by atoms with Crippen LogP contribution in [0.1, 0.15) is 46.5 Å². The molecule has 16 heavy (non-hydrogen) atoms. The monoisotopic (exact) mass is 230 g/mol. The molecule has 0 aromatic rings. The fourth-order valence-corrected chi connectivity index (χ4v) is 3.24. The Balaban J connectivity index is 2.67. The first-order chi connectivity index (χ1) is 7.36. The molecule has 3 N–H and O–H groups in total. The highest BCUT2D eigenvalue weighted by Crippen LogP contribution is 2.46. The first-order valence-corrected chi connectivity index (χ1v) is 6.34. The Morgan fingerprint density at radius 2 is 2.00 bits per heavy atom. The lowest BCUT2D eigenvalue weighted by Gasteiger charge is -2.46. The average Bonchev–Trinajstić information content (AvgIpc) is 2.13. The van der Waals surface area contributed by atoms with Gasteiger partial charge in [-0.2, -0.15) is 0 Å². The van der Waals surface area contributed by atoms with Crippen molar-refractivity contribution in [1.29, 1.82) is 0 Å². The maximum atomic E-state index is 9.78. The van der Waals surface area contributed by atoms with Crippen molar-refractivity contribution >= 4 is 0 Å². The molecule has 3 nitrogen and oxygen atoms in total. The Morgan fingerprint density at radius 3 is 2.50 bits per heavy atom. The van der Waals surface area contributed by atoms with Gasteiger partial charge in [-0.3, -0.25) is 0 Å². The molecule has 1 rings (SSSR count). The highest BCUT2D eigenvalue weighted by atomic mass is 16.3. The molecule has 0 heterocycles. The smallest absolute Gasteiger partial charge is 0.0549 e. The first-order valence-electron chi connectivity index (χ1n) is 6.34. The van der Waals surface area contributed by atoms with E-state index in [4.69, 9.17) is 0 Å². The Morgan fingerprint density at radius 1 is 1.38 bits per heavy atom. The van der Waals surface area contributed by atoms with Crippen molar-refractivity contribution in [2.45, 2.75) is 58.7 Å². The van der Waals surface area contributed by atoms with Gasteiger partial charge in [0.2, 0.25) is 0 Å². The highest BCUT2D eigenvalue weighted by Gasteiger charge is 2.41. The summed E-state index contributed by atoms with van der Waals surface area (Å²) >= 11 is 0. The predicted octanol–water partition coefficient (Wildman–Crippen LogP) is 1.55. The second-order valence-electron chi connectivity index (χ2n) is 6.06. The van der Waals surface area contributed by atoms with Gasteiger partial charge in [0.25, 0.3) is 0 Å². The third-order valence-electron chi connectivity index (χ3n) is 4.04. The standard InChI is InChI=1S/C13H26O3/c1-9(15)4-5-12-10(8-14)6-11(16)7-13(12,2)3/h9-12,14-16H,4-8H2,1-3H3/t9-,10+,11-,12+/m0/s1. The van der Waals surface area contributed by atoms with Gasteiger partial charge in [0, 0.05) is 6.61 Å². The van der Waals surface area contributed by atoms with Gasteiger partial charge in [-0.25, -0.2) is 0 Å². The van der Waals surface area contributed by atoms with E-state index in [-0.39, 0.29) is 30.1 Å². The van der Waals surface area contributed by atoms with Gasteiger partial charge >= 0.3 is 0 Å². The van der Waals surface area contributed by atoms with E-state index in [0.29, 0.717) is 12.3 Å². The lowest BCUT2D eigenvalue weighted by Crippen LogP contribution is -2.42. The van der Waals surface area contributed by atoms with Crippen LogP contribution in [-0.2, 0) is 0 Å². The number of aliphatic hydroxyl groups excluding tert-OH is 3. The Kier molecular flexibility index (Phi) is 4.77. The molecule has 0 radical (unpaired) electrons. The molecule has 0 unspecified atom stereocenters. The van der Waals surface area contributed by atoms with Gasteiger partial charge in [-0.15, -0.1) is 0 Å². The predicted molar refractivity (Wildman–Crippen MR) is 64.0 cm³/mol. The van der Waals surface area contributed by atoms with Crippen molar-refractivity contribution in [2.24, 2.45) is 17.3 Å². The molecule has 96 valence electrons. The lowest BCUT2D eigenvalue weighted by molar-refractivity contribution is -0.0430. The number of hydrogen-bond donors (Lipinski definition) is 3. The fraction of sp³-hybridized carbons (Fsp3) is 1.00. The van der Waals surface area contributed by atoms with Crippen molar-refractivity contribution in [3.63, 3.8) is 0 Å². The summed E-state index contributed by atoms with van der Waals surface area (Å²) in [5, 5.41) is 28.5. The fourth-order valence-electron chi connectivity index (χ4n) is 3.24. The second-order valence-corrected chi connectivity index (χ2v) is 6.06. The van der Waals surface area contributed by atoms with Crippen LogP contribution >= 0.6 is 0 Å². The zero-order valence-corrected chi connectivity index (χ0v) is 10.7. The lowest BCUT2D eigenvalue weighted by atomic mass is 9.61. The molecule has 3 heteroatoms. The Bertz CT molecular complexity index is 213. The first kappa shape index (κ1) is 13.9. The summed E-state index contributed by atoms with van der Waals surface area (Å²) in [6.45, 7) is 6.26. The van der Waals surface area contributed by atoms with Crippen LogP contribution in [0.15, 0.2) is 0 Å². The van der Waals surface area contributed by atoms with Crippen molar-refractivity contribution < 1.29 is 15.3 Å². The van der Waals surface area contributed by atoms with Gasteiger partial charge in [-0.1, -0.05) is 13.8 Å². The molecule has 0 bridgehead atoms. The van der Waals surface area contributed by atoms with Crippen LogP contribution in [0.25, 0.3) is 0 Å². The summed E-state index contributed by atoms with van der Waals surface area (Å²) in [7, 11) is 0. The summed E-state index contributed by atoms with van der Waals surface area (Å²) in [4.78, 5) is 0. The minimum Gasteiger partial charge on any atom is -0.396 e. The molecule has 0 aromatic heterocycles. The van der Waals surface area contributed by atoms with Crippen molar-refractivity contribution in [1.82, 2.24) is 0 Å². The number of hydrogen-bond acceptors (Lipinski definition) is 3. The van der Waals surface area contributed by atoms with Crippen LogP contribution in [0.2, 0.25) is 0 Å². The Hall–Kier alpha value is -0.120. The quantitative estimate of drug-likeness (QED) is 0.687. The van der Waals surface area contributed by atoms with E-state index in [0.717, 1.165) is 19.3 Å². The summed E-state index contributed by atoms with van der Waals surface area (Å²) in [6, 6.07) is 0. The van der Waals surface area contributed by atoms with Crippen LogP contribution in [0.5, 0.6) is 0 Å². The molecule has 1 fully saturated rings. The van der Waals surface area contributed by atoms with Crippen molar-refractivity contribution in [2.75, 3.05) is 6.61 Å². The number of aliphatic hydroxyl groups is 3. The minimum absolute atomic E-state index is 0.0555. The summed E-state index contributed by atoms with van der Waals surface area (Å²) < 4.78 is 0. The molecule has 1 saturated carbocycles. The topological polar surface area (TPSA) is 60.7 Å². The second kappa shape index (κ2) is 5.48. The maximum Gasteiger partial charge on any atom is 0.0549 e. The molecule has 0 aromatic carbocycles. The van der Waals surface area contributed by atoms with Gasteiger partial charge in [0.05, 0.1) is 12.2 Å². The van der Waals surface area contributed by atoms with Crippen molar-refractivity contribution in [3.8, 4) is 0 Å². The molecule has 0 amide bonds. The molecule has 1 aliphatic rings. The minimum atomic E-state index is -0.282. The molecule has 0 aliphatic heterocycles. The Labute approximate surface area is 98.5 Å². The normalized spacial score (nSPS) is 36.0. The summed E-state index contributed by atoms with van der Waals surface area (Å²) in [5.41, 5.74) is 0.0555. The van der Waals surface area contributed by atoms with Gasteiger partial charge < -0.3 is 15.3 Å². The van der Waals surface area contributed by atoms with Crippen LogP contribution in [0.3, 0.4) is 0 Å². The average molecular weight is 230 g/mol. The third-order valence-corrected chi connectivity index (χ3v) is 4.04. The molecule has 1 aliphatic carbocycles. The molecular formula is C13H26O3. The van der Waals surface area contributed by atoms with Crippen LogP contribution in [0.4, 0.5) is 0 Å². The maximum absolute atomic E-state index is 9.78. The van der Waals surface area contributed by atoms with Gasteiger partial charge in [0.1, 0.15) is 0 Å². The van der Waals surface area contributed by atoms with E-state index in [1.165, 1.54) is 0 Å². The molecular weight excluding hydrogens is 204 g/mol. The van der Waals surface area contributed by atoms with E-state index in [1.54, 1.807) is 6.92 Å².